The molecule has 1 aromatic rings. The number of carboxylic acid groups (broad SMARTS) is 1. The molecule has 0 bridgehead atoms. The minimum absolute atomic E-state index is 0.129. The largest absolute Gasteiger partial charge is 0.481 e. The Morgan fingerprint density at radius 3 is 2.38 bits per heavy atom. The zero-order valence-corrected chi connectivity index (χ0v) is 13.1. The van der Waals surface area contributed by atoms with Gasteiger partial charge in [-0.2, -0.15) is 0 Å². The van der Waals surface area contributed by atoms with E-state index in [0.717, 1.165) is 11.3 Å². The SMILES string of the molecule is CCC(CC)(CNC(=O)N(C)c1cccc(C)c1)C(=O)O. The van der Waals surface area contributed by atoms with Crippen molar-refractivity contribution in [2.75, 3.05) is 18.5 Å². The van der Waals surface area contributed by atoms with Gasteiger partial charge in [0.1, 0.15) is 0 Å². The molecule has 0 aromatic heterocycles. The molecule has 0 aliphatic rings. The number of aliphatic carboxylic acids is 1. The molecule has 116 valence electrons. The lowest BCUT2D eigenvalue weighted by Gasteiger charge is -2.28. The summed E-state index contributed by atoms with van der Waals surface area (Å²) in [5.74, 6) is -0.869. The van der Waals surface area contributed by atoms with Gasteiger partial charge in [0.05, 0.1) is 5.41 Å². The first-order valence-corrected chi connectivity index (χ1v) is 7.18. The monoisotopic (exact) mass is 292 g/mol. The number of amides is 2. The molecule has 1 rings (SSSR count). The van der Waals surface area contributed by atoms with Crippen LogP contribution < -0.4 is 10.2 Å². The number of nitrogens with one attached hydrogen (secondary N) is 1. The van der Waals surface area contributed by atoms with Gasteiger partial charge in [-0.1, -0.05) is 26.0 Å². The molecule has 0 unspecified atom stereocenters. The van der Waals surface area contributed by atoms with E-state index < -0.39 is 11.4 Å². The maximum absolute atomic E-state index is 12.2. The van der Waals surface area contributed by atoms with Crippen molar-refractivity contribution >= 4 is 17.7 Å². The minimum Gasteiger partial charge on any atom is -0.481 e. The number of nitrogens with zero attached hydrogens (tertiary/aromatic N) is 1. The molecule has 21 heavy (non-hydrogen) atoms. The molecule has 2 amide bonds. The zero-order valence-electron chi connectivity index (χ0n) is 13.1. The molecule has 2 N–H and O–H groups in total. The molecule has 0 heterocycles. The highest BCUT2D eigenvalue weighted by atomic mass is 16.4. The van der Waals surface area contributed by atoms with Crippen LogP contribution in [0.3, 0.4) is 0 Å². The minimum atomic E-state index is -0.900. The van der Waals surface area contributed by atoms with Gasteiger partial charge in [-0.25, -0.2) is 4.79 Å². The summed E-state index contributed by atoms with van der Waals surface area (Å²) in [5.41, 5.74) is 0.943. The molecule has 0 atom stereocenters. The summed E-state index contributed by atoms with van der Waals surface area (Å²) in [7, 11) is 1.67. The number of hydrogen-bond donors (Lipinski definition) is 2. The molecular weight excluding hydrogens is 268 g/mol. The Labute approximate surface area is 126 Å². The number of anilines is 1. The van der Waals surface area contributed by atoms with Crippen LogP contribution in [-0.2, 0) is 4.79 Å². The Hall–Kier alpha value is -2.04. The normalized spacial score (nSPS) is 11.0. The fourth-order valence-electron chi connectivity index (χ4n) is 2.20. The fraction of sp³-hybridized carbons (Fsp3) is 0.500. The molecule has 0 aliphatic carbocycles. The Kier molecular flexibility index (Phi) is 5.76. The van der Waals surface area contributed by atoms with E-state index in [9.17, 15) is 14.7 Å². The van der Waals surface area contributed by atoms with Crippen LogP contribution in [0.1, 0.15) is 32.3 Å². The third kappa shape index (κ3) is 3.97. The first-order chi connectivity index (χ1) is 9.86. The van der Waals surface area contributed by atoms with E-state index >= 15 is 0 Å². The summed E-state index contributed by atoms with van der Waals surface area (Å²) in [6, 6.07) is 7.29. The molecule has 0 spiro atoms. The van der Waals surface area contributed by atoms with E-state index in [1.807, 2.05) is 45.0 Å². The topological polar surface area (TPSA) is 69.6 Å². The second-order valence-corrected chi connectivity index (χ2v) is 5.35. The van der Waals surface area contributed by atoms with Crippen LogP contribution in [0.25, 0.3) is 0 Å². The first-order valence-electron chi connectivity index (χ1n) is 7.18. The third-order valence-electron chi connectivity index (χ3n) is 4.08. The van der Waals surface area contributed by atoms with Gasteiger partial charge < -0.3 is 10.4 Å². The van der Waals surface area contributed by atoms with Crippen molar-refractivity contribution < 1.29 is 14.7 Å². The molecule has 5 nitrogen and oxygen atoms in total. The summed E-state index contributed by atoms with van der Waals surface area (Å²) < 4.78 is 0. The van der Waals surface area contributed by atoms with Crippen LogP contribution in [0.4, 0.5) is 10.5 Å². The third-order valence-corrected chi connectivity index (χ3v) is 4.08. The van der Waals surface area contributed by atoms with Gasteiger partial charge in [-0.15, -0.1) is 0 Å². The van der Waals surface area contributed by atoms with Crippen molar-refractivity contribution in [3.05, 3.63) is 29.8 Å². The average molecular weight is 292 g/mol. The van der Waals surface area contributed by atoms with E-state index in [2.05, 4.69) is 5.32 Å². The van der Waals surface area contributed by atoms with Gasteiger partial charge in [-0.05, 0) is 37.5 Å². The van der Waals surface area contributed by atoms with Crippen molar-refractivity contribution in [3.63, 3.8) is 0 Å². The fourth-order valence-corrected chi connectivity index (χ4v) is 2.20. The highest BCUT2D eigenvalue weighted by Gasteiger charge is 2.35. The van der Waals surface area contributed by atoms with Crippen LogP contribution in [-0.4, -0.2) is 30.7 Å². The van der Waals surface area contributed by atoms with Crippen LogP contribution in [0, 0.1) is 12.3 Å². The number of urea groups is 1. The van der Waals surface area contributed by atoms with Crippen LogP contribution in [0.2, 0.25) is 0 Å². The van der Waals surface area contributed by atoms with E-state index in [1.165, 1.54) is 4.90 Å². The second-order valence-electron chi connectivity index (χ2n) is 5.35. The Morgan fingerprint density at radius 2 is 1.90 bits per heavy atom. The van der Waals surface area contributed by atoms with Crippen molar-refractivity contribution in [3.8, 4) is 0 Å². The molecule has 0 saturated carbocycles. The Balaban J connectivity index is 2.75. The van der Waals surface area contributed by atoms with Crippen molar-refractivity contribution in [1.29, 1.82) is 0 Å². The lowest BCUT2D eigenvalue weighted by atomic mass is 9.82. The molecule has 5 heteroatoms. The van der Waals surface area contributed by atoms with E-state index in [-0.39, 0.29) is 12.6 Å². The standard InChI is InChI=1S/C16H24N2O3/c1-5-16(6-2,14(19)20)11-17-15(21)18(4)13-9-7-8-12(3)10-13/h7-10H,5-6,11H2,1-4H3,(H,17,21)(H,19,20). The molecule has 1 aromatic carbocycles. The number of aryl methyl sites for hydroxylation is 1. The molecule has 0 radical (unpaired) electrons. The highest BCUT2D eigenvalue weighted by molar-refractivity contribution is 5.91. The smallest absolute Gasteiger partial charge is 0.321 e. The number of rotatable bonds is 6. The van der Waals surface area contributed by atoms with Gasteiger partial charge in [0.25, 0.3) is 0 Å². The maximum Gasteiger partial charge on any atom is 0.321 e. The van der Waals surface area contributed by atoms with E-state index in [1.54, 1.807) is 7.05 Å². The van der Waals surface area contributed by atoms with Crippen LogP contribution >= 0.6 is 0 Å². The lowest BCUT2D eigenvalue weighted by Crippen LogP contribution is -2.46. The summed E-state index contributed by atoms with van der Waals surface area (Å²) in [5, 5.41) is 12.1. The first kappa shape index (κ1) is 17.0. The van der Waals surface area contributed by atoms with Crippen LogP contribution in [0.5, 0.6) is 0 Å². The summed E-state index contributed by atoms with van der Waals surface area (Å²) in [4.78, 5) is 25.1. The van der Waals surface area contributed by atoms with Crippen molar-refractivity contribution in [2.45, 2.75) is 33.6 Å². The molecule has 0 aliphatic heterocycles. The second kappa shape index (κ2) is 7.11. The zero-order chi connectivity index (χ0) is 16.0. The Bertz CT molecular complexity index is 510. The number of benzene rings is 1. The molecule has 0 saturated heterocycles. The van der Waals surface area contributed by atoms with E-state index in [0.29, 0.717) is 12.8 Å². The maximum atomic E-state index is 12.2. The predicted octanol–water partition coefficient (Wildman–Crippen LogP) is 3.03. The summed E-state index contributed by atoms with van der Waals surface area (Å²) >= 11 is 0. The lowest BCUT2D eigenvalue weighted by molar-refractivity contribution is -0.149. The van der Waals surface area contributed by atoms with Gasteiger partial charge >= 0.3 is 12.0 Å². The molecule has 0 fully saturated rings. The number of carboxylic acids is 1. The van der Waals surface area contributed by atoms with Gasteiger partial charge in [0.15, 0.2) is 0 Å². The highest BCUT2D eigenvalue weighted by Crippen LogP contribution is 2.26. The number of carbonyl (C=O) groups excluding carboxylic acids is 1. The average Bonchev–Trinajstić information content (AvgIpc) is 2.47. The van der Waals surface area contributed by atoms with Gasteiger partial charge in [0.2, 0.25) is 0 Å². The predicted molar refractivity (Wildman–Crippen MR) is 83.6 cm³/mol. The summed E-state index contributed by atoms with van der Waals surface area (Å²) in [6.07, 6.45) is 0.959. The van der Waals surface area contributed by atoms with Gasteiger partial charge in [-0.3, -0.25) is 9.69 Å². The van der Waals surface area contributed by atoms with Gasteiger partial charge in [0, 0.05) is 19.3 Å². The van der Waals surface area contributed by atoms with Crippen molar-refractivity contribution in [1.82, 2.24) is 5.32 Å². The van der Waals surface area contributed by atoms with Crippen LogP contribution in [0.15, 0.2) is 24.3 Å². The quantitative estimate of drug-likeness (QED) is 0.846. The summed E-state index contributed by atoms with van der Waals surface area (Å²) in [6.45, 7) is 5.74. The number of carbonyl (C=O) groups is 2. The van der Waals surface area contributed by atoms with Crippen molar-refractivity contribution in [2.24, 2.45) is 5.41 Å². The Morgan fingerprint density at radius 1 is 1.29 bits per heavy atom. The van der Waals surface area contributed by atoms with E-state index in [4.69, 9.17) is 0 Å². The number of hydrogen-bond acceptors (Lipinski definition) is 2. The molecular formula is C16H24N2O3.